The van der Waals surface area contributed by atoms with E-state index in [1.165, 1.54) is 18.2 Å². The summed E-state index contributed by atoms with van der Waals surface area (Å²) in [5.74, 6) is 1.95. The molecule has 2 aliphatic rings. The van der Waals surface area contributed by atoms with Gasteiger partial charge in [-0.25, -0.2) is 0 Å². The molecule has 0 bridgehead atoms. The largest absolute Gasteiger partial charge is 0.496 e. The van der Waals surface area contributed by atoms with Gasteiger partial charge in [-0.05, 0) is 54.8 Å². The normalized spacial score (nSPS) is 21.9. The van der Waals surface area contributed by atoms with E-state index in [1.54, 1.807) is 26.4 Å². The van der Waals surface area contributed by atoms with Crippen LogP contribution in [-0.2, 0) is 4.74 Å². The van der Waals surface area contributed by atoms with E-state index >= 15 is 0 Å². The van der Waals surface area contributed by atoms with Crippen LogP contribution >= 0.6 is 0 Å². The van der Waals surface area contributed by atoms with Gasteiger partial charge >= 0.3 is 0 Å². The highest BCUT2D eigenvalue weighted by Gasteiger charge is 2.41. The summed E-state index contributed by atoms with van der Waals surface area (Å²) in [6.45, 7) is 0. The molecule has 1 aliphatic heterocycles. The number of furan rings is 1. The van der Waals surface area contributed by atoms with Gasteiger partial charge in [-0.3, -0.25) is 4.79 Å². The second kappa shape index (κ2) is 8.71. The van der Waals surface area contributed by atoms with E-state index in [0.29, 0.717) is 11.6 Å². The fourth-order valence-electron chi connectivity index (χ4n) is 5.06. The number of rotatable bonds is 5. The van der Waals surface area contributed by atoms with Gasteiger partial charge in [0, 0.05) is 22.7 Å². The van der Waals surface area contributed by atoms with E-state index in [2.05, 4.69) is 5.32 Å². The average Bonchev–Trinajstić information content (AvgIpc) is 3.38. The molecule has 1 amide bonds. The van der Waals surface area contributed by atoms with Crippen LogP contribution in [0, 0.1) is 0 Å². The van der Waals surface area contributed by atoms with Crippen LogP contribution < -0.4 is 14.8 Å². The lowest BCUT2D eigenvalue weighted by Gasteiger charge is -2.42. The SMILES string of the molecule is COc1ccc(OC)c2c1[C@@H](c1cccc(NC(=O)c3ccco3)c1)O[C@@H]1CCCC[C@H]21. The molecule has 1 aromatic heterocycles. The summed E-state index contributed by atoms with van der Waals surface area (Å²) in [5, 5.41) is 2.91. The molecule has 32 heavy (non-hydrogen) atoms. The van der Waals surface area contributed by atoms with Gasteiger partial charge < -0.3 is 23.9 Å². The predicted molar refractivity (Wildman–Crippen MR) is 121 cm³/mol. The number of anilines is 1. The Bertz CT molecular complexity index is 1110. The monoisotopic (exact) mass is 433 g/mol. The van der Waals surface area contributed by atoms with Crippen LogP contribution in [0.15, 0.2) is 59.2 Å². The van der Waals surface area contributed by atoms with Crippen LogP contribution in [0.1, 0.15) is 65.0 Å². The summed E-state index contributed by atoms with van der Waals surface area (Å²) in [5.41, 5.74) is 3.85. The molecular formula is C26H27NO5. The van der Waals surface area contributed by atoms with Gasteiger partial charge in [-0.15, -0.1) is 0 Å². The van der Waals surface area contributed by atoms with Gasteiger partial charge in [0.25, 0.3) is 5.91 Å². The number of nitrogens with one attached hydrogen (secondary N) is 1. The molecule has 1 aliphatic carbocycles. The first-order chi connectivity index (χ1) is 15.7. The van der Waals surface area contributed by atoms with Gasteiger partial charge in [-0.1, -0.05) is 25.0 Å². The molecule has 166 valence electrons. The Labute approximate surface area is 187 Å². The molecule has 1 N–H and O–H groups in total. The van der Waals surface area contributed by atoms with E-state index in [-0.39, 0.29) is 23.9 Å². The third kappa shape index (κ3) is 3.65. The molecule has 2 aromatic carbocycles. The first-order valence-corrected chi connectivity index (χ1v) is 11.0. The van der Waals surface area contributed by atoms with Crippen molar-refractivity contribution in [1.82, 2.24) is 0 Å². The standard InChI is InChI=1S/C26H27NO5/c1-29-20-12-13-21(30-2)24-23(20)18-9-3-4-10-19(18)32-25(24)16-7-5-8-17(15-16)27-26(28)22-11-6-14-31-22/h5-8,11-15,18-19,25H,3-4,9-10H2,1-2H3,(H,27,28)/t18-,19+,25+/m0/s1. The van der Waals surface area contributed by atoms with Gasteiger partial charge in [0.05, 0.1) is 26.6 Å². The fourth-order valence-corrected chi connectivity index (χ4v) is 5.06. The highest BCUT2D eigenvalue weighted by Crippen LogP contribution is 2.52. The maximum Gasteiger partial charge on any atom is 0.291 e. The van der Waals surface area contributed by atoms with Crippen LogP contribution in [0.2, 0.25) is 0 Å². The Balaban J connectivity index is 1.56. The molecule has 3 atom stereocenters. The zero-order valence-corrected chi connectivity index (χ0v) is 18.3. The number of fused-ring (bicyclic) bond motifs is 3. The summed E-state index contributed by atoms with van der Waals surface area (Å²) in [7, 11) is 3.40. The minimum absolute atomic E-state index is 0.128. The summed E-state index contributed by atoms with van der Waals surface area (Å²) >= 11 is 0. The second-order valence-electron chi connectivity index (χ2n) is 8.30. The van der Waals surface area contributed by atoms with E-state index in [4.69, 9.17) is 18.6 Å². The van der Waals surface area contributed by atoms with E-state index < -0.39 is 0 Å². The number of benzene rings is 2. The molecule has 1 fully saturated rings. The lowest BCUT2D eigenvalue weighted by Crippen LogP contribution is -2.34. The van der Waals surface area contributed by atoms with Crippen LogP contribution in [-0.4, -0.2) is 26.2 Å². The third-order valence-electron chi connectivity index (χ3n) is 6.49. The number of ether oxygens (including phenoxy) is 3. The van der Waals surface area contributed by atoms with Gasteiger partial charge in [-0.2, -0.15) is 0 Å². The lowest BCUT2D eigenvalue weighted by atomic mass is 9.75. The second-order valence-corrected chi connectivity index (χ2v) is 8.30. The third-order valence-corrected chi connectivity index (χ3v) is 6.49. The Kier molecular flexibility index (Phi) is 5.62. The maximum atomic E-state index is 12.5. The molecule has 3 aromatic rings. The maximum absolute atomic E-state index is 12.5. The first-order valence-electron chi connectivity index (χ1n) is 11.0. The molecule has 0 saturated heterocycles. The van der Waals surface area contributed by atoms with Crippen LogP contribution in [0.5, 0.6) is 11.5 Å². The first kappa shape index (κ1) is 20.6. The number of methoxy groups -OCH3 is 2. The molecular weight excluding hydrogens is 406 g/mol. The number of hydrogen-bond acceptors (Lipinski definition) is 5. The van der Waals surface area contributed by atoms with Crippen molar-refractivity contribution in [3.05, 3.63) is 77.2 Å². The minimum atomic E-state index is -0.310. The summed E-state index contributed by atoms with van der Waals surface area (Å²) in [6.07, 6.45) is 5.75. The highest BCUT2D eigenvalue weighted by atomic mass is 16.5. The van der Waals surface area contributed by atoms with Gasteiger partial charge in [0.1, 0.15) is 17.6 Å². The van der Waals surface area contributed by atoms with Gasteiger partial charge in [0.2, 0.25) is 0 Å². The van der Waals surface area contributed by atoms with E-state index in [9.17, 15) is 4.79 Å². The smallest absolute Gasteiger partial charge is 0.291 e. The number of hydrogen-bond donors (Lipinski definition) is 1. The quantitative estimate of drug-likeness (QED) is 0.559. The molecule has 0 unspecified atom stereocenters. The molecule has 0 spiro atoms. The van der Waals surface area contributed by atoms with Crippen molar-refractivity contribution < 1.29 is 23.4 Å². The summed E-state index contributed by atoms with van der Waals surface area (Å²) < 4.78 is 23.5. The van der Waals surface area contributed by atoms with Gasteiger partial charge in [0.15, 0.2) is 5.76 Å². The molecule has 2 heterocycles. The van der Waals surface area contributed by atoms with Crippen molar-refractivity contribution in [1.29, 1.82) is 0 Å². The van der Waals surface area contributed by atoms with Crippen LogP contribution in [0.25, 0.3) is 0 Å². The van der Waals surface area contributed by atoms with E-state index in [0.717, 1.165) is 41.9 Å². The Morgan fingerprint density at radius 1 is 0.969 bits per heavy atom. The molecule has 6 heteroatoms. The van der Waals surface area contributed by atoms with Crippen LogP contribution in [0.3, 0.4) is 0 Å². The summed E-state index contributed by atoms with van der Waals surface area (Å²) in [4.78, 5) is 12.5. The molecule has 5 rings (SSSR count). The van der Waals surface area contributed by atoms with Crippen molar-refractivity contribution in [2.45, 2.75) is 43.8 Å². The average molecular weight is 434 g/mol. The fraction of sp³-hybridized carbons (Fsp3) is 0.346. The van der Waals surface area contributed by atoms with Crippen molar-refractivity contribution >= 4 is 11.6 Å². The summed E-state index contributed by atoms with van der Waals surface area (Å²) in [6, 6.07) is 15.0. The van der Waals surface area contributed by atoms with Crippen molar-refractivity contribution in [2.24, 2.45) is 0 Å². The Morgan fingerprint density at radius 3 is 2.50 bits per heavy atom. The minimum Gasteiger partial charge on any atom is -0.496 e. The van der Waals surface area contributed by atoms with E-state index in [1.807, 2.05) is 36.4 Å². The zero-order chi connectivity index (χ0) is 22.1. The predicted octanol–water partition coefficient (Wildman–Crippen LogP) is 5.69. The Morgan fingerprint density at radius 2 is 1.75 bits per heavy atom. The van der Waals surface area contributed by atoms with Crippen molar-refractivity contribution in [2.75, 3.05) is 19.5 Å². The number of carbonyl (C=O) groups is 1. The topological polar surface area (TPSA) is 69.9 Å². The highest BCUT2D eigenvalue weighted by molar-refractivity contribution is 6.02. The number of amides is 1. The zero-order valence-electron chi connectivity index (χ0n) is 18.3. The molecule has 6 nitrogen and oxygen atoms in total. The molecule has 1 saturated carbocycles. The van der Waals surface area contributed by atoms with Crippen LogP contribution in [0.4, 0.5) is 5.69 Å². The number of carbonyl (C=O) groups excluding carboxylic acids is 1. The molecule has 0 radical (unpaired) electrons. The Hall–Kier alpha value is -3.25. The van der Waals surface area contributed by atoms with Crippen molar-refractivity contribution in [3.63, 3.8) is 0 Å². The lowest BCUT2D eigenvalue weighted by molar-refractivity contribution is -0.0406. The van der Waals surface area contributed by atoms with Crippen molar-refractivity contribution in [3.8, 4) is 11.5 Å².